The summed E-state index contributed by atoms with van der Waals surface area (Å²) in [7, 11) is 2.09. The lowest BCUT2D eigenvalue weighted by Crippen LogP contribution is -2.16. The molecule has 20 heavy (non-hydrogen) atoms. The van der Waals surface area contributed by atoms with Gasteiger partial charge in [-0.25, -0.2) is 0 Å². The van der Waals surface area contributed by atoms with Crippen LogP contribution in [-0.2, 0) is 6.42 Å². The van der Waals surface area contributed by atoms with Gasteiger partial charge >= 0.3 is 0 Å². The molecule has 0 saturated heterocycles. The molecular weight excluding hydrogens is 262 g/mol. The average Bonchev–Trinajstić information content (AvgIpc) is 3.18. The minimum Gasteiger partial charge on any atom is -0.312 e. The zero-order valence-electron chi connectivity index (χ0n) is 12.4. The van der Waals surface area contributed by atoms with Crippen molar-refractivity contribution in [2.24, 2.45) is 5.92 Å². The molecule has 1 aromatic carbocycles. The average molecular weight is 285 g/mol. The van der Waals surface area contributed by atoms with E-state index in [9.17, 15) is 0 Å². The number of hydrogen-bond donors (Lipinski definition) is 1. The van der Waals surface area contributed by atoms with Gasteiger partial charge in [-0.1, -0.05) is 37.6 Å². The van der Waals surface area contributed by atoms with Crippen LogP contribution in [0.4, 0.5) is 0 Å². The van der Waals surface area contributed by atoms with E-state index in [1.807, 2.05) is 11.3 Å². The Bertz CT molecular complexity index is 568. The number of aryl methyl sites for hydroxylation is 1. The summed E-state index contributed by atoms with van der Waals surface area (Å²) in [5.41, 5.74) is 2.91. The van der Waals surface area contributed by atoms with E-state index in [1.165, 1.54) is 46.6 Å². The molecule has 2 heteroatoms. The first-order valence-electron chi connectivity index (χ1n) is 7.68. The largest absolute Gasteiger partial charge is 0.312 e. The van der Waals surface area contributed by atoms with Gasteiger partial charge in [-0.05, 0) is 55.5 Å². The Kier molecular flexibility index (Phi) is 4.23. The summed E-state index contributed by atoms with van der Waals surface area (Å²) in [6.45, 7) is 2.25. The fraction of sp³-hybridized carbons (Fsp3) is 0.444. The highest BCUT2D eigenvalue weighted by Crippen LogP contribution is 2.44. The summed E-state index contributed by atoms with van der Waals surface area (Å²) in [6.07, 6.45) is 5.13. The van der Waals surface area contributed by atoms with Crippen molar-refractivity contribution < 1.29 is 0 Å². The Morgan fingerprint density at radius 1 is 1.20 bits per heavy atom. The second kappa shape index (κ2) is 6.11. The van der Waals surface area contributed by atoms with E-state index in [1.54, 1.807) is 0 Å². The van der Waals surface area contributed by atoms with E-state index in [4.69, 9.17) is 0 Å². The van der Waals surface area contributed by atoms with E-state index in [0.717, 1.165) is 5.92 Å². The number of hydrogen-bond acceptors (Lipinski definition) is 2. The van der Waals surface area contributed by atoms with Crippen LogP contribution in [0.25, 0.3) is 10.4 Å². The lowest BCUT2D eigenvalue weighted by atomic mass is 10.0. The maximum atomic E-state index is 3.50. The molecule has 0 spiro atoms. The molecule has 1 aromatic heterocycles. The Morgan fingerprint density at radius 3 is 2.70 bits per heavy atom. The van der Waals surface area contributed by atoms with Crippen LogP contribution in [0.5, 0.6) is 0 Å². The van der Waals surface area contributed by atoms with E-state index in [2.05, 4.69) is 55.7 Å². The fourth-order valence-corrected chi connectivity index (χ4v) is 4.23. The third-order valence-corrected chi connectivity index (χ3v) is 5.34. The summed E-state index contributed by atoms with van der Waals surface area (Å²) < 4.78 is 0. The van der Waals surface area contributed by atoms with Crippen molar-refractivity contribution >= 4 is 11.3 Å². The fourth-order valence-electron chi connectivity index (χ4n) is 2.95. The molecule has 1 nitrogen and oxygen atoms in total. The highest BCUT2D eigenvalue weighted by Gasteiger charge is 2.32. The van der Waals surface area contributed by atoms with Crippen LogP contribution in [0.2, 0.25) is 0 Å². The van der Waals surface area contributed by atoms with Crippen molar-refractivity contribution in [3.63, 3.8) is 0 Å². The van der Waals surface area contributed by atoms with Crippen LogP contribution >= 0.6 is 11.3 Å². The van der Waals surface area contributed by atoms with Crippen molar-refractivity contribution in [3.05, 3.63) is 46.8 Å². The molecule has 1 atom stereocenters. The van der Waals surface area contributed by atoms with Crippen LogP contribution in [0.1, 0.15) is 42.7 Å². The van der Waals surface area contributed by atoms with E-state index < -0.39 is 0 Å². The second-order valence-corrected chi connectivity index (χ2v) is 6.83. The first kappa shape index (κ1) is 13.8. The molecule has 3 rings (SSSR count). The van der Waals surface area contributed by atoms with Crippen molar-refractivity contribution in [1.29, 1.82) is 0 Å². The lowest BCUT2D eigenvalue weighted by molar-refractivity contribution is 0.537. The molecule has 0 aliphatic heterocycles. The van der Waals surface area contributed by atoms with Gasteiger partial charge in [0.15, 0.2) is 0 Å². The van der Waals surface area contributed by atoms with Gasteiger partial charge < -0.3 is 5.32 Å². The molecule has 0 bridgehead atoms. The summed E-state index contributed by atoms with van der Waals surface area (Å²) >= 11 is 1.96. The Balaban J connectivity index is 1.89. The van der Waals surface area contributed by atoms with Crippen LogP contribution in [0.15, 0.2) is 36.4 Å². The predicted molar refractivity (Wildman–Crippen MR) is 88.3 cm³/mol. The minimum absolute atomic E-state index is 0.562. The van der Waals surface area contributed by atoms with Gasteiger partial charge in [-0.2, -0.15) is 0 Å². The summed E-state index contributed by atoms with van der Waals surface area (Å²) in [6, 6.07) is 14.0. The van der Waals surface area contributed by atoms with E-state index >= 15 is 0 Å². The van der Waals surface area contributed by atoms with Crippen LogP contribution in [-0.4, -0.2) is 7.05 Å². The maximum absolute atomic E-state index is 3.50. The molecule has 106 valence electrons. The maximum Gasteiger partial charge on any atom is 0.0441 e. The smallest absolute Gasteiger partial charge is 0.0441 e. The molecule has 2 aromatic rings. The predicted octanol–water partition coefficient (Wildman–Crippen LogP) is 5.04. The molecule has 0 radical (unpaired) electrons. The standard InChI is InChI=1S/C18H23NS/c1-3-6-13-7-4-5-8-15(13)16-11-12-17(20-16)18(19-2)14-9-10-14/h4-5,7-8,11-12,14,18-19H,3,6,9-10H2,1-2H3. The van der Waals surface area contributed by atoms with Crippen LogP contribution in [0.3, 0.4) is 0 Å². The van der Waals surface area contributed by atoms with Crippen molar-refractivity contribution in [1.82, 2.24) is 5.32 Å². The number of benzene rings is 1. The minimum atomic E-state index is 0.562. The molecule has 1 aliphatic carbocycles. The molecule has 1 unspecified atom stereocenters. The van der Waals surface area contributed by atoms with E-state index in [0.29, 0.717) is 6.04 Å². The molecule has 0 amide bonds. The number of thiophene rings is 1. The van der Waals surface area contributed by atoms with Gasteiger partial charge in [0.1, 0.15) is 0 Å². The van der Waals surface area contributed by atoms with Gasteiger partial charge in [-0.15, -0.1) is 11.3 Å². The molecule has 1 heterocycles. The summed E-state index contributed by atoms with van der Waals surface area (Å²) in [5.74, 6) is 0.859. The van der Waals surface area contributed by atoms with Crippen molar-refractivity contribution in [2.45, 2.75) is 38.6 Å². The zero-order chi connectivity index (χ0) is 13.9. The number of rotatable bonds is 6. The highest BCUT2D eigenvalue weighted by atomic mass is 32.1. The van der Waals surface area contributed by atoms with Gasteiger partial charge in [-0.3, -0.25) is 0 Å². The van der Waals surface area contributed by atoms with Crippen molar-refractivity contribution in [2.75, 3.05) is 7.05 Å². The SMILES string of the molecule is CCCc1ccccc1-c1ccc(C(NC)C2CC2)s1. The summed E-state index contributed by atoms with van der Waals surface area (Å²) in [4.78, 5) is 2.92. The van der Waals surface area contributed by atoms with Gasteiger partial charge in [0.05, 0.1) is 0 Å². The number of nitrogens with one attached hydrogen (secondary N) is 1. The summed E-state index contributed by atoms with van der Waals surface area (Å²) in [5, 5.41) is 3.50. The van der Waals surface area contributed by atoms with Crippen LogP contribution in [0, 0.1) is 5.92 Å². The second-order valence-electron chi connectivity index (χ2n) is 5.71. The molecular formula is C18H23NS. The van der Waals surface area contributed by atoms with Crippen LogP contribution < -0.4 is 5.32 Å². The first-order chi connectivity index (χ1) is 9.83. The molecule has 1 saturated carbocycles. The van der Waals surface area contributed by atoms with Crippen molar-refractivity contribution in [3.8, 4) is 10.4 Å². The topological polar surface area (TPSA) is 12.0 Å². The highest BCUT2D eigenvalue weighted by molar-refractivity contribution is 7.15. The third-order valence-electron chi connectivity index (χ3n) is 4.14. The van der Waals surface area contributed by atoms with E-state index in [-0.39, 0.29) is 0 Å². The van der Waals surface area contributed by atoms with Gasteiger partial charge in [0, 0.05) is 15.8 Å². The zero-order valence-corrected chi connectivity index (χ0v) is 13.2. The third kappa shape index (κ3) is 2.82. The monoisotopic (exact) mass is 285 g/mol. The van der Waals surface area contributed by atoms with Gasteiger partial charge in [0.2, 0.25) is 0 Å². The Morgan fingerprint density at radius 2 is 2.00 bits per heavy atom. The first-order valence-corrected chi connectivity index (χ1v) is 8.50. The van der Waals surface area contributed by atoms with Gasteiger partial charge in [0.25, 0.3) is 0 Å². The lowest BCUT2D eigenvalue weighted by Gasteiger charge is -2.13. The quantitative estimate of drug-likeness (QED) is 0.784. The molecule has 1 fully saturated rings. The molecule has 1 aliphatic rings. The normalized spacial score (nSPS) is 16.3. The Labute approximate surface area is 126 Å². The Hall–Kier alpha value is -1.12. The molecule has 1 N–H and O–H groups in total.